The highest BCUT2D eigenvalue weighted by atomic mass is 32.2. The van der Waals surface area contributed by atoms with Crippen molar-refractivity contribution in [3.63, 3.8) is 0 Å². The van der Waals surface area contributed by atoms with Crippen LogP contribution in [0.25, 0.3) is 0 Å². The summed E-state index contributed by atoms with van der Waals surface area (Å²) in [6.07, 6.45) is 0.743. The number of fused-ring (bicyclic) bond motifs is 1. The number of nitrogens with one attached hydrogen (secondary N) is 2. The van der Waals surface area contributed by atoms with E-state index in [1.165, 1.54) is 7.05 Å². The van der Waals surface area contributed by atoms with Crippen LogP contribution in [0, 0.1) is 11.7 Å². The summed E-state index contributed by atoms with van der Waals surface area (Å²) >= 11 is 0. The highest BCUT2D eigenvalue weighted by molar-refractivity contribution is 7.89. The summed E-state index contributed by atoms with van der Waals surface area (Å²) in [5.41, 5.74) is 0.754. The standard InChI is InChI=1S/C18H19FN2O4S/c1-20-26(23,24)14-6-7-16(19)15(9-14)18(22)21-10-12-8-13-4-2-3-5-17(13)25-11-12/h2-7,9,12,20H,8,10-11H2,1H3,(H,21,22). The van der Waals surface area contributed by atoms with Gasteiger partial charge in [-0.2, -0.15) is 0 Å². The zero-order valence-corrected chi connectivity index (χ0v) is 15.0. The topological polar surface area (TPSA) is 84.5 Å². The van der Waals surface area contributed by atoms with Crippen LogP contribution in [0.3, 0.4) is 0 Å². The smallest absolute Gasteiger partial charge is 0.254 e. The van der Waals surface area contributed by atoms with E-state index in [1.807, 2.05) is 24.3 Å². The summed E-state index contributed by atoms with van der Waals surface area (Å²) in [5, 5.41) is 2.66. The Bertz CT molecular complexity index is 931. The molecule has 0 radical (unpaired) electrons. The predicted octanol–water partition coefficient (Wildman–Crippen LogP) is 1.71. The Labute approximate surface area is 151 Å². The summed E-state index contributed by atoms with van der Waals surface area (Å²) in [7, 11) is -2.51. The van der Waals surface area contributed by atoms with Gasteiger partial charge in [0.05, 0.1) is 17.1 Å². The third kappa shape index (κ3) is 3.86. The lowest BCUT2D eigenvalue weighted by Crippen LogP contribution is -2.35. The quantitative estimate of drug-likeness (QED) is 0.830. The lowest BCUT2D eigenvalue weighted by Gasteiger charge is -2.25. The largest absolute Gasteiger partial charge is 0.493 e. The molecule has 0 aromatic heterocycles. The molecule has 1 atom stereocenters. The fourth-order valence-electron chi connectivity index (χ4n) is 2.82. The van der Waals surface area contributed by atoms with Crippen LogP contribution in [0.4, 0.5) is 4.39 Å². The Kier molecular flexibility index (Phi) is 5.24. The molecular formula is C18H19FN2O4S. The molecule has 8 heteroatoms. The lowest BCUT2D eigenvalue weighted by atomic mass is 9.96. The molecule has 1 aliphatic heterocycles. The molecule has 0 bridgehead atoms. The molecule has 6 nitrogen and oxygen atoms in total. The molecule has 1 heterocycles. The minimum absolute atomic E-state index is 0.0566. The molecular weight excluding hydrogens is 359 g/mol. The average Bonchev–Trinajstić information content (AvgIpc) is 2.66. The molecule has 2 N–H and O–H groups in total. The molecule has 1 amide bonds. The van der Waals surface area contributed by atoms with Crippen molar-refractivity contribution in [3.05, 3.63) is 59.4 Å². The second-order valence-electron chi connectivity index (χ2n) is 6.05. The maximum Gasteiger partial charge on any atom is 0.254 e. The Morgan fingerprint density at radius 1 is 1.27 bits per heavy atom. The van der Waals surface area contributed by atoms with E-state index in [2.05, 4.69) is 10.0 Å². The number of benzene rings is 2. The summed E-state index contributed by atoms with van der Waals surface area (Å²) in [4.78, 5) is 12.1. The van der Waals surface area contributed by atoms with E-state index in [9.17, 15) is 17.6 Å². The molecule has 0 spiro atoms. The van der Waals surface area contributed by atoms with Crippen molar-refractivity contribution in [1.29, 1.82) is 0 Å². The molecule has 138 valence electrons. The van der Waals surface area contributed by atoms with E-state index in [-0.39, 0.29) is 16.4 Å². The molecule has 0 aliphatic carbocycles. The summed E-state index contributed by atoms with van der Waals surface area (Å²) in [5.74, 6) is -0.537. The van der Waals surface area contributed by atoms with Gasteiger partial charge in [0.1, 0.15) is 11.6 Å². The van der Waals surface area contributed by atoms with Crippen LogP contribution in [0.1, 0.15) is 15.9 Å². The lowest BCUT2D eigenvalue weighted by molar-refractivity contribution is 0.0934. The SMILES string of the molecule is CNS(=O)(=O)c1ccc(F)c(C(=O)NCC2COc3ccccc3C2)c1. The Morgan fingerprint density at radius 2 is 2.04 bits per heavy atom. The average molecular weight is 378 g/mol. The van der Waals surface area contributed by atoms with Crippen LogP contribution in [0.5, 0.6) is 5.75 Å². The van der Waals surface area contributed by atoms with Gasteiger partial charge < -0.3 is 10.1 Å². The molecule has 0 saturated heterocycles. The van der Waals surface area contributed by atoms with Gasteiger partial charge in [-0.3, -0.25) is 4.79 Å². The van der Waals surface area contributed by atoms with Crippen molar-refractivity contribution in [2.24, 2.45) is 5.92 Å². The highest BCUT2D eigenvalue weighted by Crippen LogP contribution is 2.26. The van der Waals surface area contributed by atoms with Crippen LogP contribution >= 0.6 is 0 Å². The number of carbonyl (C=O) groups excluding carboxylic acids is 1. The fourth-order valence-corrected chi connectivity index (χ4v) is 3.57. The summed E-state index contributed by atoms with van der Waals surface area (Å²) in [6.45, 7) is 0.754. The van der Waals surface area contributed by atoms with Gasteiger partial charge in [0.25, 0.3) is 5.91 Å². The Morgan fingerprint density at radius 3 is 2.81 bits per heavy atom. The van der Waals surface area contributed by atoms with Crippen LogP contribution in [-0.4, -0.2) is 34.5 Å². The van der Waals surface area contributed by atoms with E-state index in [0.29, 0.717) is 13.2 Å². The molecule has 26 heavy (non-hydrogen) atoms. The molecule has 1 aliphatic rings. The van der Waals surface area contributed by atoms with E-state index in [0.717, 1.165) is 35.9 Å². The van der Waals surface area contributed by atoms with Crippen molar-refractivity contribution in [3.8, 4) is 5.75 Å². The van der Waals surface area contributed by atoms with Crippen molar-refractivity contribution in [2.75, 3.05) is 20.2 Å². The predicted molar refractivity (Wildman–Crippen MR) is 94.1 cm³/mol. The first-order valence-corrected chi connectivity index (χ1v) is 9.61. The van der Waals surface area contributed by atoms with Gasteiger partial charge in [0.15, 0.2) is 0 Å². The first kappa shape index (κ1) is 18.3. The number of carbonyl (C=O) groups is 1. The Balaban J connectivity index is 1.68. The number of ether oxygens (including phenoxy) is 1. The van der Waals surface area contributed by atoms with Gasteiger partial charge in [0.2, 0.25) is 10.0 Å². The number of para-hydroxylation sites is 1. The monoisotopic (exact) mass is 378 g/mol. The van der Waals surface area contributed by atoms with Gasteiger partial charge in [-0.1, -0.05) is 18.2 Å². The molecule has 0 fully saturated rings. The van der Waals surface area contributed by atoms with E-state index < -0.39 is 21.7 Å². The highest BCUT2D eigenvalue weighted by Gasteiger charge is 2.22. The van der Waals surface area contributed by atoms with E-state index >= 15 is 0 Å². The number of rotatable bonds is 5. The third-order valence-electron chi connectivity index (χ3n) is 4.27. The van der Waals surface area contributed by atoms with E-state index in [1.54, 1.807) is 0 Å². The Hall–Kier alpha value is -2.45. The van der Waals surface area contributed by atoms with Gasteiger partial charge in [0, 0.05) is 12.5 Å². The normalized spacial score (nSPS) is 16.5. The van der Waals surface area contributed by atoms with Crippen molar-refractivity contribution in [1.82, 2.24) is 10.0 Å². The van der Waals surface area contributed by atoms with E-state index in [4.69, 9.17) is 4.74 Å². The van der Waals surface area contributed by atoms with Crippen LogP contribution < -0.4 is 14.8 Å². The minimum atomic E-state index is -3.76. The number of amides is 1. The van der Waals surface area contributed by atoms with Crippen molar-refractivity contribution >= 4 is 15.9 Å². The summed E-state index contributed by atoms with van der Waals surface area (Å²) < 4.78 is 45.4. The van der Waals surface area contributed by atoms with Crippen molar-refractivity contribution in [2.45, 2.75) is 11.3 Å². The first-order chi connectivity index (χ1) is 12.4. The van der Waals surface area contributed by atoms with Gasteiger partial charge in [-0.05, 0) is 43.3 Å². The van der Waals surface area contributed by atoms with Crippen LogP contribution in [0.2, 0.25) is 0 Å². The number of hydrogen-bond donors (Lipinski definition) is 2. The number of halogens is 1. The van der Waals surface area contributed by atoms with Crippen molar-refractivity contribution < 1.29 is 22.3 Å². The zero-order chi connectivity index (χ0) is 18.7. The number of sulfonamides is 1. The maximum absolute atomic E-state index is 14.0. The maximum atomic E-state index is 14.0. The van der Waals surface area contributed by atoms with Gasteiger partial charge in [-0.25, -0.2) is 17.5 Å². The second-order valence-corrected chi connectivity index (χ2v) is 7.93. The second kappa shape index (κ2) is 7.43. The molecule has 1 unspecified atom stereocenters. The molecule has 2 aromatic rings. The zero-order valence-electron chi connectivity index (χ0n) is 14.2. The van der Waals surface area contributed by atoms with Gasteiger partial charge in [-0.15, -0.1) is 0 Å². The summed E-state index contributed by atoms with van der Waals surface area (Å²) in [6, 6.07) is 10.8. The molecule has 0 saturated carbocycles. The third-order valence-corrected chi connectivity index (χ3v) is 5.68. The fraction of sp³-hybridized carbons (Fsp3) is 0.278. The first-order valence-electron chi connectivity index (χ1n) is 8.12. The van der Waals surface area contributed by atoms with Crippen LogP contribution in [-0.2, 0) is 16.4 Å². The van der Waals surface area contributed by atoms with Crippen LogP contribution in [0.15, 0.2) is 47.4 Å². The molecule has 3 rings (SSSR count). The molecule has 2 aromatic carbocycles. The van der Waals surface area contributed by atoms with Gasteiger partial charge >= 0.3 is 0 Å². The number of hydrogen-bond acceptors (Lipinski definition) is 4. The minimum Gasteiger partial charge on any atom is -0.493 e.